The van der Waals surface area contributed by atoms with Gasteiger partial charge >= 0.3 is 6.61 Å². The maximum Gasteiger partial charge on any atom is 0.387 e. The third-order valence-corrected chi connectivity index (χ3v) is 4.28. The molecule has 3 rings (SSSR count). The summed E-state index contributed by atoms with van der Waals surface area (Å²) in [7, 11) is 0. The predicted octanol–water partition coefficient (Wildman–Crippen LogP) is 2.78. The summed E-state index contributed by atoms with van der Waals surface area (Å²) in [5.41, 5.74) is 1.35. The number of pyridine rings is 1. The number of aliphatic imine (C=N–C) groups is 1. The van der Waals surface area contributed by atoms with E-state index in [1.807, 2.05) is 35.7 Å². The van der Waals surface area contributed by atoms with Crippen LogP contribution in [-0.2, 0) is 6.42 Å². The number of guanidine groups is 1. The van der Waals surface area contributed by atoms with E-state index in [0.29, 0.717) is 31.0 Å². The number of rotatable bonds is 9. The van der Waals surface area contributed by atoms with Crippen LogP contribution >= 0.6 is 24.0 Å². The summed E-state index contributed by atoms with van der Waals surface area (Å²) < 4.78 is 30.7. The standard InChI is InChI=1S/C20H24F2N6O2.HI/c1-2-23-20(24-11-10-18-27-26-17-5-3-4-12-28(17)18)25-13-16(29)14-6-8-15(9-7-14)30-19(21)22;/h3-9,12,16,19,29H,2,10-11,13H2,1H3,(H2,23,24,25);1H. The number of aliphatic hydroxyl groups is 1. The minimum Gasteiger partial charge on any atom is -0.435 e. The number of halogens is 3. The SMILES string of the molecule is CCNC(=NCC(O)c1ccc(OC(F)F)cc1)NCCc1nnc2ccccn12.I. The zero-order valence-corrected chi connectivity index (χ0v) is 19.2. The molecule has 3 aromatic rings. The van der Waals surface area contributed by atoms with Gasteiger partial charge in [-0.05, 0) is 36.8 Å². The first-order valence-corrected chi connectivity index (χ1v) is 9.60. The van der Waals surface area contributed by atoms with Crippen LogP contribution in [0, 0.1) is 0 Å². The fourth-order valence-corrected chi connectivity index (χ4v) is 2.85. The Bertz CT molecular complexity index is 968. The Morgan fingerprint density at radius 1 is 1.16 bits per heavy atom. The van der Waals surface area contributed by atoms with Crippen molar-refractivity contribution in [1.29, 1.82) is 0 Å². The molecule has 1 unspecified atom stereocenters. The third kappa shape index (κ3) is 7.28. The zero-order chi connectivity index (χ0) is 21.3. The van der Waals surface area contributed by atoms with E-state index in [-0.39, 0.29) is 36.3 Å². The lowest BCUT2D eigenvalue weighted by atomic mass is 10.1. The van der Waals surface area contributed by atoms with Gasteiger partial charge in [-0.2, -0.15) is 8.78 Å². The summed E-state index contributed by atoms with van der Waals surface area (Å²) in [6.07, 6.45) is 1.68. The molecule has 0 aliphatic carbocycles. The van der Waals surface area contributed by atoms with Gasteiger partial charge in [-0.1, -0.05) is 18.2 Å². The van der Waals surface area contributed by atoms with E-state index in [1.165, 1.54) is 24.3 Å². The van der Waals surface area contributed by atoms with Crippen LogP contribution in [0.4, 0.5) is 8.78 Å². The van der Waals surface area contributed by atoms with Gasteiger partial charge < -0.3 is 20.5 Å². The highest BCUT2D eigenvalue weighted by molar-refractivity contribution is 14.0. The molecule has 8 nitrogen and oxygen atoms in total. The summed E-state index contributed by atoms with van der Waals surface area (Å²) in [5.74, 6) is 1.43. The van der Waals surface area contributed by atoms with Crippen molar-refractivity contribution in [3.63, 3.8) is 0 Å². The molecule has 1 atom stereocenters. The van der Waals surface area contributed by atoms with Crippen molar-refractivity contribution >= 4 is 35.6 Å². The molecular weight excluding hydrogens is 521 g/mol. The number of ether oxygens (including phenoxy) is 1. The van der Waals surface area contributed by atoms with Crippen molar-refractivity contribution in [2.45, 2.75) is 26.1 Å². The summed E-state index contributed by atoms with van der Waals surface area (Å²) in [6.45, 7) is 0.418. The van der Waals surface area contributed by atoms with E-state index in [1.54, 1.807) is 0 Å². The number of hydrogen-bond donors (Lipinski definition) is 3. The summed E-state index contributed by atoms with van der Waals surface area (Å²) in [6, 6.07) is 11.6. The number of aromatic nitrogens is 3. The quantitative estimate of drug-likeness (QED) is 0.217. The molecule has 3 N–H and O–H groups in total. The zero-order valence-electron chi connectivity index (χ0n) is 16.9. The molecule has 0 spiro atoms. The van der Waals surface area contributed by atoms with Crippen LogP contribution in [-0.4, -0.2) is 51.9 Å². The Hall–Kier alpha value is -2.54. The molecular formula is C20H25F2IN6O2. The van der Waals surface area contributed by atoms with Crippen LogP contribution in [0.2, 0.25) is 0 Å². The number of benzene rings is 1. The van der Waals surface area contributed by atoms with Crippen LogP contribution < -0.4 is 15.4 Å². The van der Waals surface area contributed by atoms with Gasteiger partial charge in [-0.15, -0.1) is 34.2 Å². The second-order valence-electron chi connectivity index (χ2n) is 6.40. The molecule has 0 saturated carbocycles. The number of alkyl halides is 2. The van der Waals surface area contributed by atoms with Crippen molar-refractivity contribution in [3.8, 4) is 5.75 Å². The Morgan fingerprint density at radius 3 is 2.65 bits per heavy atom. The summed E-state index contributed by atoms with van der Waals surface area (Å²) >= 11 is 0. The van der Waals surface area contributed by atoms with Crippen LogP contribution in [0.25, 0.3) is 5.65 Å². The molecule has 0 aliphatic heterocycles. The van der Waals surface area contributed by atoms with Crippen LogP contribution in [0.3, 0.4) is 0 Å². The van der Waals surface area contributed by atoms with Gasteiger partial charge in [0.15, 0.2) is 11.6 Å². The van der Waals surface area contributed by atoms with Crippen molar-refractivity contribution in [2.24, 2.45) is 4.99 Å². The van der Waals surface area contributed by atoms with Crippen molar-refractivity contribution in [1.82, 2.24) is 25.2 Å². The Balaban J connectivity index is 0.00000341. The Labute approximate surface area is 195 Å². The van der Waals surface area contributed by atoms with Gasteiger partial charge in [0.1, 0.15) is 11.6 Å². The third-order valence-electron chi connectivity index (χ3n) is 4.28. The number of aliphatic hydroxyl groups excluding tert-OH is 1. The lowest BCUT2D eigenvalue weighted by Gasteiger charge is -2.13. The molecule has 11 heteroatoms. The lowest BCUT2D eigenvalue weighted by Crippen LogP contribution is -2.38. The summed E-state index contributed by atoms with van der Waals surface area (Å²) in [4.78, 5) is 4.39. The van der Waals surface area contributed by atoms with Crippen molar-refractivity contribution < 1.29 is 18.6 Å². The average Bonchev–Trinajstić information content (AvgIpc) is 3.15. The largest absolute Gasteiger partial charge is 0.435 e. The normalized spacial score (nSPS) is 12.5. The van der Waals surface area contributed by atoms with E-state index in [4.69, 9.17) is 0 Å². The Morgan fingerprint density at radius 2 is 1.94 bits per heavy atom. The van der Waals surface area contributed by atoms with Crippen molar-refractivity contribution in [2.75, 3.05) is 19.6 Å². The first kappa shape index (κ1) is 24.7. The molecule has 2 heterocycles. The number of hydrogen-bond acceptors (Lipinski definition) is 5. The highest BCUT2D eigenvalue weighted by atomic mass is 127. The maximum absolute atomic E-state index is 12.2. The topological polar surface area (TPSA) is 96.1 Å². The van der Waals surface area contributed by atoms with Gasteiger partial charge in [-0.3, -0.25) is 9.39 Å². The van der Waals surface area contributed by atoms with Gasteiger partial charge in [0.2, 0.25) is 0 Å². The maximum atomic E-state index is 12.2. The number of nitrogens with one attached hydrogen (secondary N) is 2. The van der Waals surface area contributed by atoms with Gasteiger partial charge in [-0.25, -0.2) is 0 Å². The molecule has 0 amide bonds. The highest BCUT2D eigenvalue weighted by Gasteiger charge is 2.10. The highest BCUT2D eigenvalue weighted by Crippen LogP contribution is 2.19. The van der Waals surface area contributed by atoms with Crippen LogP contribution in [0.1, 0.15) is 24.4 Å². The number of nitrogens with zero attached hydrogens (tertiary/aromatic N) is 4. The molecule has 0 saturated heterocycles. The molecule has 0 radical (unpaired) electrons. The molecule has 0 fully saturated rings. The van der Waals surface area contributed by atoms with Crippen molar-refractivity contribution in [3.05, 3.63) is 60.0 Å². The lowest BCUT2D eigenvalue weighted by molar-refractivity contribution is -0.0498. The molecule has 0 bridgehead atoms. The second-order valence-corrected chi connectivity index (χ2v) is 6.40. The van der Waals surface area contributed by atoms with E-state index >= 15 is 0 Å². The van der Waals surface area contributed by atoms with Gasteiger partial charge in [0, 0.05) is 25.7 Å². The molecule has 31 heavy (non-hydrogen) atoms. The smallest absolute Gasteiger partial charge is 0.387 e. The van der Waals surface area contributed by atoms with E-state index < -0.39 is 12.7 Å². The Kier molecular flexibility index (Phi) is 9.85. The average molecular weight is 546 g/mol. The second kappa shape index (κ2) is 12.3. The first-order chi connectivity index (χ1) is 14.6. The van der Waals surface area contributed by atoms with E-state index in [0.717, 1.165) is 11.5 Å². The van der Waals surface area contributed by atoms with Gasteiger partial charge in [0.25, 0.3) is 0 Å². The van der Waals surface area contributed by atoms with E-state index in [9.17, 15) is 13.9 Å². The number of fused-ring (bicyclic) bond motifs is 1. The minimum atomic E-state index is -2.88. The molecule has 0 aliphatic rings. The monoisotopic (exact) mass is 546 g/mol. The van der Waals surface area contributed by atoms with Gasteiger partial charge in [0.05, 0.1) is 12.6 Å². The molecule has 168 valence electrons. The predicted molar refractivity (Wildman–Crippen MR) is 124 cm³/mol. The van der Waals surface area contributed by atoms with Crippen LogP contribution in [0.5, 0.6) is 5.75 Å². The minimum absolute atomic E-state index is 0. The first-order valence-electron chi connectivity index (χ1n) is 9.60. The van der Waals surface area contributed by atoms with E-state index in [2.05, 4.69) is 30.6 Å². The van der Waals surface area contributed by atoms with Crippen LogP contribution in [0.15, 0.2) is 53.7 Å². The molecule has 1 aromatic carbocycles. The fourth-order valence-electron chi connectivity index (χ4n) is 2.85. The fraction of sp³-hybridized carbons (Fsp3) is 0.350. The molecule has 2 aromatic heterocycles. The summed E-state index contributed by atoms with van der Waals surface area (Å²) in [5, 5.41) is 25.0.